The van der Waals surface area contributed by atoms with Crippen LogP contribution in [-0.4, -0.2) is 25.4 Å². The van der Waals surface area contributed by atoms with Crippen molar-refractivity contribution in [1.82, 2.24) is 5.32 Å². The fourth-order valence-electron chi connectivity index (χ4n) is 2.66. The number of benzene rings is 1. The predicted octanol–water partition coefficient (Wildman–Crippen LogP) is 2.88. The molecule has 1 aliphatic heterocycles. The van der Waals surface area contributed by atoms with Gasteiger partial charge in [0.1, 0.15) is 0 Å². The lowest BCUT2D eigenvalue weighted by Gasteiger charge is -2.36. The van der Waals surface area contributed by atoms with Crippen LogP contribution in [0.1, 0.15) is 37.8 Å². The molecule has 1 unspecified atom stereocenters. The third-order valence-corrected chi connectivity index (χ3v) is 3.59. The second kappa shape index (κ2) is 6.51. The van der Waals surface area contributed by atoms with Gasteiger partial charge >= 0.3 is 0 Å². The van der Waals surface area contributed by atoms with Gasteiger partial charge in [0.25, 0.3) is 0 Å². The average molecular weight is 263 g/mol. The molecule has 3 nitrogen and oxygen atoms in total. The van der Waals surface area contributed by atoms with E-state index < -0.39 is 0 Å². The van der Waals surface area contributed by atoms with Gasteiger partial charge in [0.2, 0.25) is 0 Å². The van der Waals surface area contributed by atoms with E-state index in [0.29, 0.717) is 12.6 Å². The van der Waals surface area contributed by atoms with E-state index in [1.165, 1.54) is 11.1 Å². The average Bonchev–Trinajstić information content (AvgIpc) is 2.36. The molecule has 0 aliphatic carbocycles. The Balaban J connectivity index is 1.86. The summed E-state index contributed by atoms with van der Waals surface area (Å²) in [5.74, 6) is 0. The smallest absolute Gasteiger partial charge is 0.0713 e. The lowest BCUT2D eigenvalue weighted by atomic mass is 9.94. The van der Waals surface area contributed by atoms with Crippen LogP contribution in [0.2, 0.25) is 0 Å². The fourth-order valence-corrected chi connectivity index (χ4v) is 2.66. The normalized spacial score (nSPS) is 22.4. The minimum Gasteiger partial charge on any atom is -0.380 e. The topological polar surface area (TPSA) is 30.5 Å². The molecule has 1 atom stereocenters. The highest BCUT2D eigenvalue weighted by Gasteiger charge is 2.28. The van der Waals surface area contributed by atoms with Gasteiger partial charge in [-0.25, -0.2) is 0 Å². The van der Waals surface area contributed by atoms with Crippen LogP contribution in [0.25, 0.3) is 0 Å². The molecule has 1 aromatic rings. The highest BCUT2D eigenvalue weighted by Crippen LogP contribution is 2.24. The molecule has 2 rings (SSSR count). The molecular formula is C16H25NO2. The fraction of sp³-hybridized carbons (Fsp3) is 0.625. The first-order valence-corrected chi connectivity index (χ1v) is 7.03. The summed E-state index contributed by atoms with van der Waals surface area (Å²) >= 11 is 0. The van der Waals surface area contributed by atoms with Gasteiger partial charge in [-0.1, -0.05) is 24.3 Å². The molecule has 0 spiro atoms. The molecule has 1 aliphatic rings. The van der Waals surface area contributed by atoms with Crippen molar-refractivity contribution in [3.05, 3.63) is 35.4 Å². The van der Waals surface area contributed by atoms with Gasteiger partial charge < -0.3 is 14.8 Å². The van der Waals surface area contributed by atoms with E-state index in [-0.39, 0.29) is 5.60 Å². The summed E-state index contributed by atoms with van der Waals surface area (Å²) in [5.41, 5.74) is 2.56. The van der Waals surface area contributed by atoms with E-state index in [9.17, 15) is 0 Å². The first-order valence-electron chi connectivity index (χ1n) is 7.03. The van der Waals surface area contributed by atoms with Crippen LogP contribution < -0.4 is 5.32 Å². The van der Waals surface area contributed by atoms with Crippen molar-refractivity contribution < 1.29 is 9.47 Å². The Hall–Kier alpha value is -0.900. The summed E-state index contributed by atoms with van der Waals surface area (Å²) in [7, 11) is 1.73. The minimum absolute atomic E-state index is 0.00775. The molecule has 0 saturated carbocycles. The molecule has 1 aromatic carbocycles. The van der Waals surface area contributed by atoms with Crippen LogP contribution in [0.4, 0.5) is 0 Å². The van der Waals surface area contributed by atoms with E-state index >= 15 is 0 Å². The first kappa shape index (κ1) is 14.5. The van der Waals surface area contributed by atoms with Crippen LogP contribution in [0, 0.1) is 0 Å². The van der Waals surface area contributed by atoms with Gasteiger partial charge in [0.15, 0.2) is 0 Å². The molecule has 1 heterocycles. The first-order chi connectivity index (χ1) is 9.09. The van der Waals surface area contributed by atoms with Crippen molar-refractivity contribution in [3.8, 4) is 0 Å². The van der Waals surface area contributed by atoms with Crippen LogP contribution >= 0.6 is 0 Å². The summed E-state index contributed by atoms with van der Waals surface area (Å²) in [6.07, 6.45) is 2.17. The van der Waals surface area contributed by atoms with Crippen molar-refractivity contribution >= 4 is 0 Å². The van der Waals surface area contributed by atoms with Crippen LogP contribution in [0.15, 0.2) is 24.3 Å². The SMILES string of the molecule is COCc1cccc(CNC2CCOC(C)(C)C2)c1. The molecular weight excluding hydrogens is 238 g/mol. The maximum atomic E-state index is 5.74. The molecule has 106 valence electrons. The molecule has 0 bridgehead atoms. The lowest BCUT2D eigenvalue weighted by molar-refractivity contribution is -0.0630. The van der Waals surface area contributed by atoms with Crippen molar-refractivity contribution in [2.75, 3.05) is 13.7 Å². The Labute approximate surface area is 116 Å². The zero-order chi connectivity index (χ0) is 13.7. The van der Waals surface area contributed by atoms with Crippen molar-refractivity contribution in [3.63, 3.8) is 0 Å². The number of nitrogens with one attached hydrogen (secondary N) is 1. The summed E-state index contributed by atoms with van der Waals surface area (Å²) in [6.45, 7) is 6.78. The molecule has 0 amide bonds. The highest BCUT2D eigenvalue weighted by molar-refractivity contribution is 5.22. The highest BCUT2D eigenvalue weighted by atomic mass is 16.5. The Kier molecular flexibility index (Phi) is 4.97. The number of ether oxygens (including phenoxy) is 2. The zero-order valence-corrected chi connectivity index (χ0v) is 12.2. The summed E-state index contributed by atoms with van der Waals surface area (Å²) in [5, 5.41) is 3.64. The standard InChI is InChI=1S/C16H25NO2/c1-16(2)10-15(7-8-19-16)17-11-13-5-4-6-14(9-13)12-18-3/h4-6,9,15,17H,7-8,10-12H2,1-3H3. The van der Waals surface area contributed by atoms with E-state index in [1.54, 1.807) is 7.11 Å². The van der Waals surface area contributed by atoms with Crippen LogP contribution in [0.3, 0.4) is 0 Å². The zero-order valence-electron chi connectivity index (χ0n) is 12.2. The number of hydrogen-bond acceptors (Lipinski definition) is 3. The monoisotopic (exact) mass is 263 g/mol. The summed E-state index contributed by atoms with van der Waals surface area (Å²) in [6, 6.07) is 9.12. The Bertz CT molecular complexity index is 403. The second-order valence-corrected chi connectivity index (χ2v) is 5.93. The molecule has 0 radical (unpaired) electrons. The van der Waals surface area contributed by atoms with Gasteiger partial charge in [-0.15, -0.1) is 0 Å². The molecule has 0 aromatic heterocycles. The predicted molar refractivity (Wildman–Crippen MR) is 77.0 cm³/mol. The van der Waals surface area contributed by atoms with E-state index in [1.807, 2.05) is 0 Å². The number of methoxy groups -OCH3 is 1. The summed E-state index contributed by atoms with van der Waals surface area (Å²) < 4.78 is 10.9. The second-order valence-electron chi connectivity index (χ2n) is 5.93. The Morgan fingerprint density at radius 1 is 1.37 bits per heavy atom. The van der Waals surface area contributed by atoms with Gasteiger partial charge in [-0.05, 0) is 37.8 Å². The van der Waals surface area contributed by atoms with E-state index in [0.717, 1.165) is 26.0 Å². The van der Waals surface area contributed by atoms with E-state index in [4.69, 9.17) is 9.47 Å². The Morgan fingerprint density at radius 3 is 2.89 bits per heavy atom. The maximum Gasteiger partial charge on any atom is 0.0713 e. The lowest BCUT2D eigenvalue weighted by Crippen LogP contribution is -2.43. The largest absolute Gasteiger partial charge is 0.380 e. The molecule has 1 N–H and O–H groups in total. The van der Waals surface area contributed by atoms with Crippen molar-refractivity contribution in [1.29, 1.82) is 0 Å². The minimum atomic E-state index is 0.00775. The van der Waals surface area contributed by atoms with E-state index in [2.05, 4.69) is 43.4 Å². The van der Waals surface area contributed by atoms with Gasteiger partial charge in [-0.3, -0.25) is 0 Å². The molecule has 1 fully saturated rings. The third-order valence-electron chi connectivity index (χ3n) is 3.59. The molecule has 19 heavy (non-hydrogen) atoms. The maximum absolute atomic E-state index is 5.74. The van der Waals surface area contributed by atoms with Gasteiger partial charge in [0, 0.05) is 26.3 Å². The quantitative estimate of drug-likeness (QED) is 0.886. The van der Waals surface area contributed by atoms with Crippen molar-refractivity contribution in [2.45, 2.75) is 51.5 Å². The van der Waals surface area contributed by atoms with Crippen LogP contribution in [-0.2, 0) is 22.6 Å². The van der Waals surface area contributed by atoms with Gasteiger partial charge in [-0.2, -0.15) is 0 Å². The Morgan fingerprint density at radius 2 is 2.16 bits per heavy atom. The third kappa shape index (κ3) is 4.60. The van der Waals surface area contributed by atoms with Gasteiger partial charge in [0.05, 0.1) is 12.2 Å². The number of rotatable bonds is 5. The van der Waals surface area contributed by atoms with Crippen molar-refractivity contribution in [2.24, 2.45) is 0 Å². The molecule has 1 saturated heterocycles. The number of hydrogen-bond donors (Lipinski definition) is 1. The summed E-state index contributed by atoms with van der Waals surface area (Å²) in [4.78, 5) is 0. The molecule has 3 heteroatoms. The van der Waals surface area contributed by atoms with Crippen LogP contribution in [0.5, 0.6) is 0 Å².